The fourth-order valence-electron chi connectivity index (χ4n) is 17.3. The first kappa shape index (κ1) is 82.0. The monoisotopic (exact) mass is 1590 g/mol. The average Bonchev–Trinajstić information content (AvgIpc) is 0.769. The van der Waals surface area contributed by atoms with Crippen LogP contribution in [0.5, 0.6) is 35.3 Å². The molecule has 0 spiro atoms. The number of rotatable bonds is 21. The molecule has 27 heteroatoms. The number of phenols is 3. The Hall–Kier alpha value is -11.6. The number of carbonyl (C=O) groups is 3. The number of fused-ring (bicyclic) bond motifs is 6. The summed E-state index contributed by atoms with van der Waals surface area (Å²) in [4.78, 5) is 91.9. The minimum Gasteiger partial charge on any atom is -0.508 e. The first-order valence-electron chi connectivity index (χ1n) is 41.2. The Kier molecular flexibility index (Phi) is 26.0. The van der Waals surface area contributed by atoms with E-state index in [4.69, 9.17) is 44.1 Å². The SMILES string of the molecule is C=CC(=O)N1CCN(c2nc(OCCN(C)C)nc3c2CCN(c2cc(O)cc4ccccc24)C3)[C@@H](C)C1.C=CC(=O)N1CCN(c2nc(OCCN3CCCCC3)nc3c2CCN(c2cc(O)cc4ccccc24)C3)CC1.C=CC(=O)N1CCN(c2nc(O[C@H](C)CN(C)C)nc3c2CCN(c2cc(O)cc4ccccc24)C3)[C@@H](C)C1. The van der Waals surface area contributed by atoms with Crippen LogP contribution in [0, 0.1) is 0 Å². The topological polar surface area (TPSA) is 256 Å². The number of phenolic OH excluding ortho intramolecular Hbond substituents is 3. The summed E-state index contributed by atoms with van der Waals surface area (Å²) >= 11 is 0. The van der Waals surface area contributed by atoms with Crippen molar-refractivity contribution in [3.8, 4) is 35.3 Å². The smallest absolute Gasteiger partial charge is 0.318 e. The molecular weight excluding hydrogens is 1480 g/mol. The molecule has 4 fully saturated rings. The van der Waals surface area contributed by atoms with E-state index >= 15 is 0 Å². The van der Waals surface area contributed by atoms with E-state index in [1.807, 2.05) is 129 Å². The number of ether oxygens (including phenoxy) is 3. The summed E-state index contributed by atoms with van der Waals surface area (Å²) in [5, 5.41) is 37.7. The van der Waals surface area contributed by atoms with E-state index in [2.05, 4.69) is 95.9 Å². The van der Waals surface area contributed by atoms with Crippen LogP contribution in [-0.2, 0) is 53.3 Å². The summed E-state index contributed by atoms with van der Waals surface area (Å²) < 4.78 is 18.5. The van der Waals surface area contributed by atoms with Gasteiger partial charge in [-0.2, -0.15) is 29.9 Å². The lowest BCUT2D eigenvalue weighted by molar-refractivity contribution is -0.127. The van der Waals surface area contributed by atoms with Gasteiger partial charge in [-0.3, -0.25) is 19.3 Å². The maximum atomic E-state index is 12.3. The number of aromatic nitrogens is 6. The van der Waals surface area contributed by atoms with Crippen molar-refractivity contribution < 1.29 is 43.9 Å². The third-order valence-electron chi connectivity index (χ3n) is 23.2. The van der Waals surface area contributed by atoms with Gasteiger partial charge in [0.2, 0.25) is 17.7 Å². The molecule has 7 aliphatic rings. The average molecular weight is 1590 g/mol. The third kappa shape index (κ3) is 19.3. The standard InChI is InChI=1S/C31H38N6O3.C30H38N6O3.C29H36N6O3/c1-2-29(39)35-14-16-36(17-15-35)30-26-10-13-37(28-21-24(38)20-23-8-4-5-9-25(23)28)22-27(26)32-31(33-30)40-19-18-34-11-6-3-7-12-34;1-6-28(38)35-13-14-36(20(2)17-35)29-25-11-12-34(27-16-23(37)15-22-9-7-8-10-24(22)27)19-26(25)31-30(32-29)39-21(3)18-33(4)5;1-5-27(37)34-12-13-35(20(2)18-34)28-24-10-11-33(19-25(24)30-29(31-28)38-15-14-32(3)4)26-17-22(36)16-21-8-6-7-9-23(21)26/h2,4-5,8-9,20-21,38H,1,3,6-7,10-19,22H2;6-10,15-16,20-21,37H,1,11-14,17-19H2,2-5H3;5-9,16-17,20,36H,1,10-15,18-19H2,2-4H3/t;20-,21+;20-/m.00/s1. The van der Waals surface area contributed by atoms with Crippen molar-refractivity contribution in [1.29, 1.82) is 0 Å². The largest absolute Gasteiger partial charge is 0.508 e. The molecule has 3 N–H and O–H groups in total. The molecule has 0 aliphatic carbocycles. The molecule has 7 aliphatic heterocycles. The van der Waals surface area contributed by atoms with Gasteiger partial charge in [-0.25, -0.2) is 0 Å². The van der Waals surface area contributed by atoms with Crippen LogP contribution in [0.1, 0.15) is 73.8 Å². The van der Waals surface area contributed by atoms with Crippen LogP contribution < -0.4 is 43.6 Å². The number of amides is 3. The normalized spacial score (nSPS) is 18.0. The summed E-state index contributed by atoms with van der Waals surface area (Å²) in [5.41, 5.74) is 9.21. The highest BCUT2D eigenvalue weighted by Gasteiger charge is 2.36. The molecule has 3 atom stereocenters. The lowest BCUT2D eigenvalue weighted by Gasteiger charge is -2.42. The van der Waals surface area contributed by atoms with Crippen molar-refractivity contribution in [3.63, 3.8) is 0 Å². The maximum absolute atomic E-state index is 12.3. The van der Waals surface area contributed by atoms with Gasteiger partial charge >= 0.3 is 18.0 Å². The predicted molar refractivity (Wildman–Crippen MR) is 462 cm³/mol. The van der Waals surface area contributed by atoms with Gasteiger partial charge in [0.05, 0.1) is 36.7 Å². The minimum absolute atomic E-state index is 0.0277. The van der Waals surface area contributed by atoms with E-state index in [9.17, 15) is 29.7 Å². The van der Waals surface area contributed by atoms with Gasteiger partial charge in [0.25, 0.3) is 0 Å². The van der Waals surface area contributed by atoms with Gasteiger partial charge in [0, 0.05) is 185 Å². The van der Waals surface area contributed by atoms with E-state index in [-0.39, 0.29) is 53.2 Å². The fourth-order valence-corrected chi connectivity index (χ4v) is 17.3. The second-order valence-electron chi connectivity index (χ2n) is 32.0. The number of hydrogen-bond donors (Lipinski definition) is 3. The Morgan fingerprint density at radius 3 is 1.28 bits per heavy atom. The number of hydrogen-bond acceptors (Lipinski definition) is 24. The van der Waals surface area contributed by atoms with Crippen molar-refractivity contribution >= 4 is 84.6 Å². The molecule has 0 unspecified atom stereocenters. The molecule has 3 aromatic heterocycles. The van der Waals surface area contributed by atoms with Gasteiger partial charge in [-0.15, -0.1) is 0 Å². The van der Waals surface area contributed by atoms with Crippen molar-refractivity contribution in [2.24, 2.45) is 0 Å². The molecule has 10 heterocycles. The summed E-state index contributed by atoms with van der Waals surface area (Å²) in [5.74, 6) is 3.37. The first-order valence-corrected chi connectivity index (χ1v) is 41.2. The Balaban J connectivity index is 0.000000145. The summed E-state index contributed by atoms with van der Waals surface area (Å²) in [6.45, 7) is 33.5. The third-order valence-corrected chi connectivity index (χ3v) is 23.2. The van der Waals surface area contributed by atoms with E-state index in [0.29, 0.717) is 116 Å². The zero-order valence-corrected chi connectivity index (χ0v) is 68.8. The van der Waals surface area contributed by atoms with E-state index in [1.54, 1.807) is 12.1 Å². The second kappa shape index (κ2) is 37.2. The molecule has 6 aromatic carbocycles. The molecule has 4 saturated heterocycles. The molecule has 27 nitrogen and oxygen atoms in total. The van der Waals surface area contributed by atoms with E-state index in [0.717, 1.165) is 172 Å². The quantitative estimate of drug-likeness (QED) is 0.0565. The van der Waals surface area contributed by atoms with E-state index < -0.39 is 0 Å². The highest BCUT2D eigenvalue weighted by molar-refractivity contribution is 5.98. The Bertz CT molecular complexity index is 5090. The van der Waals surface area contributed by atoms with Gasteiger partial charge in [-0.1, -0.05) is 99.0 Å². The van der Waals surface area contributed by atoms with Crippen LogP contribution in [0.3, 0.4) is 0 Å². The molecule has 0 bridgehead atoms. The number of aromatic hydroxyl groups is 3. The Labute approximate surface area is 686 Å². The van der Waals surface area contributed by atoms with Crippen LogP contribution >= 0.6 is 0 Å². The fraction of sp³-hybridized carbons (Fsp3) is 0.433. The number of piperidine rings is 1. The lowest BCUT2D eigenvalue weighted by atomic mass is 10.0. The number of likely N-dealkylation sites (N-methyl/N-ethyl adjacent to an activating group) is 2. The number of nitrogens with zero attached hydrogens (tertiary/aromatic N) is 18. The highest BCUT2D eigenvalue weighted by Crippen LogP contribution is 2.42. The van der Waals surface area contributed by atoms with Crippen molar-refractivity contribution in [1.82, 2.24) is 59.3 Å². The number of anilines is 6. The van der Waals surface area contributed by atoms with E-state index in [1.165, 1.54) is 37.5 Å². The zero-order valence-electron chi connectivity index (χ0n) is 68.8. The number of benzene rings is 6. The second-order valence-corrected chi connectivity index (χ2v) is 32.0. The molecular formula is C90H112N18O9. The molecule has 616 valence electrons. The Morgan fingerprint density at radius 2 is 0.855 bits per heavy atom. The first-order chi connectivity index (χ1) is 56.6. The van der Waals surface area contributed by atoms with Crippen LogP contribution in [0.2, 0.25) is 0 Å². The van der Waals surface area contributed by atoms with Crippen molar-refractivity contribution in [3.05, 3.63) is 181 Å². The van der Waals surface area contributed by atoms with Gasteiger partial charge in [-0.05, 0) is 147 Å². The lowest BCUT2D eigenvalue weighted by Crippen LogP contribution is -2.54. The number of carbonyl (C=O) groups excluding carboxylic acids is 3. The zero-order chi connectivity index (χ0) is 82.0. The molecule has 117 heavy (non-hydrogen) atoms. The highest BCUT2D eigenvalue weighted by atomic mass is 16.5. The minimum atomic E-state index is -0.0832. The van der Waals surface area contributed by atoms with Crippen molar-refractivity contribution in [2.75, 3.05) is 189 Å². The van der Waals surface area contributed by atoms with Crippen LogP contribution in [0.15, 0.2) is 147 Å². The summed E-state index contributed by atoms with van der Waals surface area (Å²) in [6.07, 6.45) is 10.2. The maximum Gasteiger partial charge on any atom is 0.318 e. The summed E-state index contributed by atoms with van der Waals surface area (Å²) in [6, 6.07) is 36.7. The van der Waals surface area contributed by atoms with Crippen LogP contribution in [-0.4, -0.2) is 270 Å². The molecule has 16 rings (SSSR count). The molecule has 0 radical (unpaired) electrons. The number of piperazine rings is 3. The van der Waals surface area contributed by atoms with Crippen LogP contribution in [0.4, 0.5) is 34.5 Å². The van der Waals surface area contributed by atoms with Gasteiger partial charge in [0.15, 0.2) is 0 Å². The van der Waals surface area contributed by atoms with Gasteiger partial charge in [0.1, 0.15) is 54.0 Å². The van der Waals surface area contributed by atoms with Crippen LogP contribution in [0.25, 0.3) is 32.3 Å². The molecule has 0 saturated carbocycles. The van der Waals surface area contributed by atoms with Gasteiger partial charge < -0.3 is 83.4 Å². The molecule has 9 aromatic rings. The Morgan fingerprint density at radius 1 is 0.462 bits per heavy atom. The molecule has 3 amide bonds. The predicted octanol–water partition coefficient (Wildman–Crippen LogP) is 10.1. The van der Waals surface area contributed by atoms with Crippen molar-refractivity contribution in [2.45, 2.75) is 97.1 Å². The number of likely N-dealkylation sites (tertiary alicyclic amines) is 1. The summed E-state index contributed by atoms with van der Waals surface area (Å²) in [7, 11) is 8.04.